The number of methoxy groups -OCH3 is 1. The number of aliphatic imine (C=N–C) groups is 2. The van der Waals surface area contributed by atoms with Crippen molar-refractivity contribution in [1.29, 1.82) is 0 Å². The lowest BCUT2D eigenvalue weighted by atomic mass is 10.0. The molecule has 0 amide bonds. The number of benzene rings is 4. The highest BCUT2D eigenvalue weighted by molar-refractivity contribution is 7.86. The maximum absolute atomic E-state index is 13.9. The standard InChI is InChI=1S/C23H24ClFN4O3.2C7H8O3S.3H2O/c1-30-20-12-19-15(11-21(20)32-8-2-5-28-6-9-31-10-7-28)23-27-18-4-3-17(25)22(24)16(18)13-29(23)14-26-19;2*1-6-2-4-7(5-3-6)11(8,9)10;;;/h3-4,11-12,14H,2,5-10,13H2,1H3;2*2-5H,1H3,(H,8,9,10);3*1H2. The van der Waals surface area contributed by atoms with Crippen molar-refractivity contribution >= 4 is 55.4 Å². The summed E-state index contributed by atoms with van der Waals surface area (Å²) >= 11 is 6.17. The largest absolute Gasteiger partial charge is 0.493 e. The first-order chi connectivity index (χ1) is 25.6. The number of aryl methyl sites for hydroxylation is 2. The Morgan fingerprint density at radius 3 is 1.91 bits per heavy atom. The third kappa shape index (κ3) is 13.0. The molecule has 8 N–H and O–H groups in total. The van der Waals surface area contributed by atoms with Gasteiger partial charge in [0.15, 0.2) is 11.5 Å². The number of ether oxygens (including phenoxy) is 3. The van der Waals surface area contributed by atoms with Crippen LogP contribution in [0.2, 0.25) is 5.02 Å². The lowest BCUT2D eigenvalue weighted by Gasteiger charge is -2.31. The van der Waals surface area contributed by atoms with E-state index in [1.54, 1.807) is 43.8 Å². The topological polar surface area (TPSA) is 262 Å². The number of halogens is 2. The van der Waals surface area contributed by atoms with Gasteiger partial charge in [0, 0.05) is 36.8 Å². The zero-order valence-electron chi connectivity index (χ0n) is 31.3. The highest BCUT2D eigenvalue weighted by Gasteiger charge is 2.29. The molecule has 3 aliphatic heterocycles. The number of hydrogen-bond acceptors (Lipinski definition) is 11. The van der Waals surface area contributed by atoms with Gasteiger partial charge in [0.2, 0.25) is 0 Å². The summed E-state index contributed by atoms with van der Waals surface area (Å²) in [5, 5.41) is 0.100. The van der Waals surface area contributed by atoms with E-state index in [2.05, 4.69) is 9.89 Å². The number of morpholine rings is 1. The van der Waals surface area contributed by atoms with E-state index in [1.165, 1.54) is 30.3 Å². The maximum Gasteiger partial charge on any atom is 0.294 e. The summed E-state index contributed by atoms with van der Waals surface area (Å²) in [5.74, 6) is 1.56. The molecule has 7 rings (SSSR count). The summed E-state index contributed by atoms with van der Waals surface area (Å²) in [5.41, 5.74) is 4.80. The van der Waals surface area contributed by atoms with E-state index in [1.807, 2.05) is 30.9 Å². The van der Waals surface area contributed by atoms with Crippen molar-refractivity contribution in [2.24, 2.45) is 9.98 Å². The summed E-state index contributed by atoms with van der Waals surface area (Å²) in [6.45, 7) is 9.13. The molecule has 312 valence electrons. The van der Waals surface area contributed by atoms with Crippen molar-refractivity contribution in [2.45, 2.75) is 36.6 Å². The second-order valence-corrected chi connectivity index (χ2v) is 15.6. The van der Waals surface area contributed by atoms with Crippen molar-refractivity contribution in [3.8, 4) is 11.5 Å². The molecular formula is C37H46ClFN4O12S2. The van der Waals surface area contributed by atoms with Crippen LogP contribution in [0.5, 0.6) is 11.5 Å². The molecule has 3 heterocycles. The minimum atomic E-state index is -4.02. The predicted octanol–water partition coefficient (Wildman–Crippen LogP) is 4.17. The second kappa shape index (κ2) is 21.3. The van der Waals surface area contributed by atoms with E-state index in [0.29, 0.717) is 35.9 Å². The van der Waals surface area contributed by atoms with Crippen LogP contribution in [0.3, 0.4) is 0 Å². The fourth-order valence-electron chi connectivity index (χ4n) is 5.53. The molecule has 0 spiro atoms. The summed E-state index contributed by atoms with van der Waals surface area (Å²) < 4.78 is 90.0. The zero-order valence-corrected chi connectivity index (χ0v) is 33.7. The molecule has 0 bridgehead atoms. The molecule has 0 aromatic heterocycles. The quantitative estimate of drug-likeness (QED) is 0.188. The Labute approximate surface area is 335 Å². The van der Waals surface area contributed by atoms with Gasteiger partial charge in [0.25, 0.3) is 20.2 Å². The van der Waals surface area contributed by atoms with Crippen molar-refractivity contribution < 1.29 is 61.0 Å². The van der Waals surface area contributed by atoms with Gasteiger partial charge in [-0.1, -0.05) is 47.0 Å². The molecule has 0 aliphatic carbocycles. The van der Waals surface area contributed by atoms with Crippen LogP contribution in [0, 0.1) is 19.7 Å². The zero-order chi connectivity index (χ0) is 39.0. The molecular weight excluding hydrogens is 811 g/mol. The number of rotatable bonds is 8. The van der Waals surface area contributed by atoms with Crippen LogP contribution in [0.1, 0.15) is 28.7 Å². The maximum atomic E-state index is 13.9. The minimum Gasteiger partial charge on any atom is -0.493 e. The van der Waals surface area contributed by atoms with E-state index in [4.69, 9.17) is 39.9 Å². The SMILES string of the molecule is COc1cc2c(cc1OCCCN1CCOCC1)C1=Nc3ccc(F)c(Cl)c3CN1C=N2.Cc1ccc(S(=O)(=O)O)cc1.Cc1ccc(S(=O)(=O)O)cc1.O.O.O. The normalized spacial score (nSPS) is 14.2. The first kappa shape index (κ1) is 48.6. The van der Waals surface area contributed by atoms with Gasteiger partial charge in [0.05, 0.1) is 66.0 Å². The van der Waals surface area contributed by atoms with Gasteiger partial charge in [-0.3, -0.25) is 14.0 Å². The molecule has 0 saturated carbocycles. The van der Waals surface area contributed by atoms with Crippen LogP contribution in [0.15, 0.2) is 92.6 Å². The predicted molar refractivity (Wildman–Crippen MR) is 214 cm³/mol. The van der Waals surface area contributed by atoms with E-state index in [0.717, 1.165) is 67.5 Å². The number of amidine groups is 1. The van der Waals surface area contributed by atoms with Crippen LogP contribution in [-0.2, 0) is 31.5 Å². The van der Waals surface area contributed by atoms with Gasteiger partial charge in [-0.25, -0.2) is 14.4 Å². The first-order valence-corrected chi connectivity index (χ1v) is 20.0. The molecule has 1 fully saturated rings. The summed E-state index contributed by atoms with van der Waals surface area (Å²) in [7, 11) is -6.42. The second-order valence-electron chi connectivity index (χ2n) is 12.4. The third-order valence-corrected chi connectivity index (χ3v) is 10.6. The number of hydrogen-bond donors (Lipinski definition) is 2. The van der Waals surface area contributed by atoms with E-state index >= 15 is 0 Å². The van der Waals surface area contributed by atoms with Crippen LogP contribution in [-0.4, -0.2) is 111 Å². The van der Waals surface area contributed by atoms with E-state index in [-0.39, 0.29) is 31.2 Å². The Morgan fingerprint density at radius 1 is 0.825 bits per heavy atom. The highest BCUT2D eigenvalue weighted by atomic mass is 35.5. The van der Waals surface area contributed by atoms with Crippen molar-refractivity contribution in [3.05, 3.63) is 106 Å². The molecule has 4 aromatic rings. The Hall–Kier alpha value is -4.54. The van der Waals surface area contributed by atoms with E-state index < -0.39 is 26.1 Å². The smallest absolute Gasteiger partial charge is 0.294 e. The van der Waals surface area contributed by atoms with Gasteiger partial charge in [-0.15, -0.1) is 0 Å². The van der Waals surface area contributed by atoms with Crippen LogP contribution >= 0.6 is 11.6 Å². The number of fused-ring (bicyclic) bond motifs is 4. The summed E-state index contributed by atoms with van der Waals surface area (Å²) in [6, 6.07) is 18.7. The van der Waals surface area contributed by atoms with E-state index in [9.17, 15) is 21.2 Å². The third-order valence-electron chi connectivity index (χ3n) is 8.47. The van der Waals surface area contributed by atoms with Crippen LogP contribution in [0.4, 0.5) is 15.8 Å². The molecule has 1 saturated heterocycles. The molecule has 0 unspecified atom stereocenters. The Morgan fingerprint density at radius 2 is 1.39 bits per heavy atom. The lowest BCUT2D eigenvalue weighted by Crippen LogP contribution is -2.37. The summed E-state index contributed by atoms with van der Waals surface area (Å²) in [6.07, 6.45) is 2.59. The lowest BCUT2D eigenvalue weighted by molar-refractivity contribution is 0.0357. The number of nitrogens with zero attached hydrogens (tertiary/aromatic N) is 4. The molecule has 0 radical (unpaired) electrons. The molecule has 0 atom stereocenters. The fourth-order valence-corrected chi connectivity index (χ4v) is 6.71. The summed E-state index contributed by atoms with van der Waals surface area (Å²) in [4.78, 5) is 13.4. The molecule has 4 aromatic carbocycles. The average molecular weight is 857 g/mol. The molecule has 16 nitrogen and oxygen atoms in total. The Kier molecular flexibility index (Phi) is 18.2. The van der Waals surface area contributed by atoms with Gasteiger partial charge < -0.3 is 35.5 Å². The minimum absolute atomic E-state index is 0. The monoisotopic (exact) mass is 856 g/mol. The van der Waals surface area contributed by atoms with Gasteiger partial charge >= 0.3 is 0 Å². The van der Waals surface area contributed by atoms with Gasteiger partial charge in [0.1, 0.15) is 11.7 Å². The van der Waals surface area contributed by atoms with Crippen molar-refractivity contribution in [1.82, 2.24) is 9.80 Å². The molecule has 3 aliphatic rings. The van der Waals surface area contributed by atoms with Gasteiger partial charge in [-0.05, 0) is 62.7 Å². The van der Waals surface area contributed by atoms with Crippen LogP contribution < -0.4 is 9.47 Å². The van der Waals surface area contributed by atoms with Gasteiger partial charge in [-0.2, -0.15) is 16.8 Å². The Bertz CT molecular complexity index is 2160. The average Bonchev–Trinajstić information content (AvgIpc) is 3.14. The van der Waals surface area contributed by atoms with Crippen molar-refractivity contribution in [3.63, 3.8) is 0 Å². The van der Waals surface area contributed by atoms with Crippen LogP contribution in [0.25, 0.3) is 0 Å². The fraction of sp³-hybridized carbons (Fsp3) is 0.297. The van der Waals surface area contributed by atoms with Crippen molar-refractivity contribution in [2.75, 3.05) is 46.6 Å². The Balaban J connectivity index is 0.000000371. The first-order valence-electron chi connectivity index (χ1n) is 16.7. The molecule has 57 heavy (non-hydrogen) atoms. The highest BCUT2D eigenvalue weighted by Crippen LogP contribution is 2.41. The molecule has 20 heteroatoms.